The average Bonchev–Trinajstić information content (AvgIpc) is 2.83. The number of nitrogens with zero attached hydrogens (tertiary/aromatic N) is 1. The van der Waals surface area contributed by atoms with Gasteiger partial charge in [0.25, 0.3) is 5.91 Å². The normalized spacial score (nSPS) is 15.8. The maximum Gasteiger partial charge on any atom is 0.326 e. The van der Waals surface area contributed by atoms with E-state index in [0.717, 1.165) is 24.2 Å². The maximum atomic E-state index is 12.5. The number of benzene rings is 1. The van der Waals surface area contributed by atoms with Crippen LogP contribution in [0.2, 0.25) is 0 Å². The van der Waals surface area contributed by atoms with Crippen LogP contribution in [0.3, 0.4) is 0 Å². The summed E-state index contributed by atoms with van der Waals surface area (Å²) in [7, 11) is 0. The van der Waals surface area contributed by atoms with Crippen LogP contribution < -0.4 is 4.74 Å². The van der Waals surface area contributed by atoms with Gasteiger partial charge >= 0.3 is 5.97 Å². The van der Waals surface area contributed by atoms with Gasteiger partial charge in [-0.1, -0.05) is 49.5 Å². The first kappa shape index (κ1) is 20.5. The van der Waals surface area contributed by atoms with Crippen molar-refractivity contribution in [3.05, 3.63) is 34.7 Å². The number of carbonyl (C=O) groups is 2. The van der Waals surface area contributed by atoms with Gasteiger partial charge in [-0.2, -0.15) is 0 Å². The predicted octanol–water partition coefficient (Wildman–Crippen LogP) is 4.02. The monoisotopic (exact) mass is 393 g/mol. The van der Waals surface area contributed by atoms with Crippen molar-refractivity contribution < 1.29 is 19.1 Å². The van der Waals surface area contributed by atoms with Crippen LogP contribution in [-0.2, 0) is 14.3 Å². The second kappa shape index (κ2) is 9.73. The van der Waals surface area contributed by atoms with E-state index in [4.69, 9.17) is 21.7 Å². The molecule has 1 fully saturated rings. The number of unbranched alkanes of at least 4 members (excludes halogenated alkanes) is 1. The quantitative estimate of drug-likeness (QED) is 0.288. The highest BCUT2D eigenvalue weighted by Crippen LogP contribution is 2.32. The lowest BCUT2D eigenvalue weighted by Gasteiger charge is -2.14. The zero-order valence-corrected chi connectivity index (χ0v) is 16.8. The van der Waals surface area contributed by atoms with E-state index >= 15 is 0 Å². The minimum atomic E-state index is -0.467. The van der Waals surface area contributed by atoms with Crippen LogP contribution in [0.1, 0.15) is 39.2 Å². The topological polar surface area (TPSA) is 55.8 Å². The molecule has 0 bridgehead atoms. The number of ether oxygens (including phenoxy) is 2. The molecule has 1 amide bonds. The van der Waals surface area contributed by atoms with Crippen LogP contribution in [0, 0.1) is 0 Å². The summed E-state index contributed by atoms with van der Waals surface area (Å²) in [6.45, 7) is 6.17. The summed E-state index contributed by atoms with van der Waals surface area (Å²) in [6.07, 6.45) is 3.64. The number of thiocarbonyl (C=S) groups is 1. The summed E-state index contributed by atoms with van der Waals surface area (Å²) in [5, 5.41) is 0. The number of carbonyl (C=O) groups excluding carboxylic acids is 2. The highest BCUT2D eigenvalue weighted by atomic mass is 32.2. The molecule has 7 heteroatoms. The Morgan fingerprint density at radius 2 is 2.00 bits per heavy atom. The smallest absolute Gasteiger partial charge is 0.326 e. The van der Waals surface area contributed by atoms with Gasteiger partial charge in [-0.15, -0.1) is 0 Å². The number of thioether (sulfide) groups is 1. The molecule has 2 rings (SSSR count). The van der Waals surface area contributed by atoms with E-state index < -0.39 is 5.97 Å². The number of amides is 1. The van der Waals surface area contributed by atoms with E-state index in [0.29, 0.717) is 15.8 Å². The molecule has 0 N–H and O–H groups in total. The van der Waals surface area contributed by atoms with Crippen molar-refractivity contribution in [1.29, 1.82) is 0 Å². The molecule has 1 saturated heterocycles. The van der Waals surface area contributed by atoms with Gasteiger partial charge in [0, 0.05) is 0 Å². The largest absolute Gasteiger partial charge is 0.494 e. The third kappa shape index (κ3) is 5.85. The zero-order valence-electron chi connectivity index (χ0n) is 15.2. The van der Waals surface area contributed by atoms with Gasteiger partial charge in [0.15, 0.2) is 0 Å². The van der Waals surface area contributed by atoms with Gasteiger partial charge < -0.3 is 9.47 Å². The van der Waals surface area contributed by atoms with Crippen molar-refractivity contribution in [3.8, 4) is 5.75 Å². The molecule has 0 saturated carbocycles. The highest BCUT2D eigenvalue weighted by molar-refractivity contribution is 8.26. The van der Waals surface area contributed by atoms with E-state index in [2.05, 4.69) is 6.92 Å². The van der Waals surface area contributed by atoms with Crippen LogP contribution in [0.5, 0.6) is 5.75 Å². The van der Waals surface area contributed by atoms with E-state index in [-0.39, 0.29) is 18.6 Å². The molecule has 5 nitrogen and oxygen atoms in total. The van der Waals surface area contributed by atoms with E-state index in [1.807, 2.05) is 24.3 Å². The fourth-order valence-corrected chi connectivity index (χ4v) is 3.47. The Kier molecular flexibility index (Phi) is 7.66. The Labute approximate surface area is 163 Å². The number of hydrogen-bond donors (Lipinski definition) is 0. The predicted molar refractivity (Wildman–Crippen MR) is 108 cm³/mol. The van der Waals surface area contributed by atoms with Crippen molar-refractivity contribution in [3.63, 3.8) is 0 Å². The van der Waals surface area contributed by atoms with Gasteiger partial charge in [0.1, 0.15) is 16.6 Å². The Balaban J connectivity index is 2.01. The molecule has 0 unspecified atom stereocenters. The number of esters is 1. The Hall–Kier alpha value is -1.86. The fraction of sp³-hybridized carbons (Fsp3) is 0.421. The first-order valence-corrected chi connectivity index (χ1v) is 9.81. The van der Waals surface area contributed by atoms with Crippen LogP contribution in [-0.4, -0.2) is 40.4 Å². The van der Waals surface area contributed by atoms with Crippen LogP contribution >= 0.6 is 24.0 Å². The summed E-state index contributed by atoms with van der Waals surface area (Å²) < 4.78 is 11.1. The molecular weight excluding hydrogens is 370 g/mol. The number of rotatable bonds is 8. The summed E-state index contributed by atoms with van der Waals surface area (Å²) in [5.41, 5.74) is 0.873. The molecule has 0 spiro atoms. The highest BCUT2D eigenvalue weighted by Gasteiger charge is 2.33. The van der Waals surface area contributed by atoms with Crippen molar-refractivity contribution in [2.75, 3.05) is 13.2 Å². The summed E-state index contributed by atoms with van der Waals surface area (Å²) >= 11 is 6.41. The molecule has 0 atom stereocenters. The molecule has 0 aliphatic carbocycles. The SMILES string of the molecule is CCCCOc1ccc(/C=C2\SC(=S)N(CC(=O)OC(C)C)C2=O)cc1. The van der Waals surface area contributed by atoms with Gasteiger partial charge in [0.2, 0.25) is 0 Å². The molecule has 1 heterocycles. The van der Waals surface area contributed by atoms with Crippen LogP contribution in [0.15, 0.2) is 29.2 Å². The lowest BCUT2D eigenvalue weighted by Crippen LogP contribution is -2.35. The molecule has 1 aliphatic rings. The standard InChI is InChI=1S/C19H23NO4S2/c1-4-5-10-23-15-8-6-14(7-9-15)11-16-18(22)20(19(25)26-16)12-17(21)24-13(2)3/h6-9,11,13H,4-5,10,12H2,1-3H3/b16-11-. The first-order valence-electron chi connectivity index (χ1n) is 8.58. The Bertz CT molecular complexity index is 698. The Morgan fingerprint density at radius 3 is 2.62 bits per heavy atom. The van der Waals surface area contributed by atoms with Crippen LogP contribution in [0.25, 0.3) is 6.08 Å². The van der Waals surface area contributed by atoms with Gasteiger partial charge in [0.05, 0.1) is 17.6 Å². The minimum Gasteiger partial charge on any atom is -0.494 e. The van der Waals surface area contributed by atoms with Gasteiger partial charge in [-0.05, 0) is 44.0 Å². The number of hydrogen-bond acceptors (Lipinski definition) is 6. The second-order valence-electron chi connectivity index (χ2n) is 6.08. The molecular formula is C19H23NO4S2. The van der Waals surface area contributed by atoms with Crippen molar-refractivity contribution in [1.82, 2.24) is 4.90 Å². The summed E-state index contributed by atoms with van der Waals surface area (Å²) in [5.74, 6) is 0.0645. The van der Waals surface area contributed by atoms with Crippen molar-refractivity contribution >= 4 is 46.3 Å². The second-order valence-corrected chi connectivity index (χ2v) is 7.75. The summed E-state index contributed by atoms with van der Waals surface area (Å²) in [6, 6.07) is 7.53. The molecule has 26 heavy (non-hydrogen) atoms. The van der Waals surface area contributed by atoms with E-state index in [1.54, 1.807) is 19.9 Å². The lowest BCUT2D eigenvalue weighted by molar-refractivity contribution is -0.149. The van der Waals surface area contributed by atoms with Crippen molar-refractivity contribution in [2.24, 2.45) is 0 Å². The van der Waals surface area contributed by atoms with Crippen molar-refractivity contribution in [2.45, 2.75) is 39.7 Å². The zero-order chi connectivity index (χ0) is 19.1. The third-order valence-corrected chi connectivity index (χ3v) is 4.85. The lowest BCUT2D eigenvalue weighted by atomic mass is 10.2. The molecule has 1 aliphatic heterocycles. The molecule has 0 aromatic heterocycles. The molecule has 0 radical (unpaired) electrons. The third-order valence-electron chi connectivity index (χ3n) is 3.47. The first-order chi connectivity index (χ1) is 12.4. The van der Waals surface area contributed by atoms with Gasteiger partial charge in [-0.25, -0.2) is 0 Å². The van der Waals surface area contributed by atoms with Crippen LogP contribution in [0.4, 0.5) is 0 Å². The van der Waals surface area contributed by atoms with E-state index in [1.165, 1.54) is 16.7 Å². The fourth-order valence-electron chi connectivity index (χ4n) is 2.21. The molecule has 140 valence electrons. The minimum absolute atomic E-state index is 0.162. The molecule has 1 aromatic rings. The van der Waals surface area contributed by atoms with Gasteiger partial charge in [-0.3, -0.25) is 14.5 Å². The summed E-state index contributed by atoms with van der Waals surface area (Å²) in [4.78, 5) is 26.1. The van der Waals surface area contributed by atoms with E-state index in [9.17, 15) is 9.59 Å². The Morgan fingerprint density at radius 1 is 1.31 bits per heavy atom. The molecule has 1 aromatic carbocycles. The average molecular weight is 394 g/mol. The maximum absolute atomic E-state index is 12.5.